The molecule has 1 aromatic heterocycles. The fourth-order valence-corrected chi connectivity index (χ4v) is 3.02. The Balaban J connectivity index is 2.05. The van der Waals surface area contributed by atoms with Gasteiger partial charge in [-0.25, -0.2) is 4.98 Å². The third-order valence-corrected chi connectivity index (χ3v) is 4.84. The SMILES string of the molecule is CCN1CCC(CNc2nc(C)cnc2C)(N(C)C)CC1. The largest absolute Gasteiger partial charge is 0.367 e. The zero-order chi connectivity index (χ0) is 15.5. The summed E-state index contributed by atoms with van der Waals surface area (Å²) in [5.74, 6) is 0.925. The molecule has 1 N–H and O–H groups in total. The van der Waals surface area contributed by atoms with Gasteiger partial charge in [0.15, 0.2) is 0 Å². The van der Waals surface area contributed by atoms with E-state index in [1.54, 1.807) is 0 Å². The molecule has 0 atom stereocenters. The highest BCUT2D eigenvalue weighted by Crippen LogP contribution is 2.27. The minimum absolute atomic E-state index is 0.212. The van der Waals surface area contributed by atoms with Crippen LogP contribution in [0.3, 0.4) is 0 Å². The van der Waals surface area contributed by atoms with E-state index in [-0.39, 0.29) is 5.54 Å². The van der Waals surface area contributed by atoms with E-state index < -0.39 is 0 Å². The summed E-state index contributed by atoms with van der Waals surface area (Å²) >= 11 is 0. The van der Waals surface area contributed by atoms with E-state index >= 15 is 0 Å². The smallest absolute Gasteiger partial charge is 0.147 e. The zero-order valence-electron chi connectivity index (χ0n) is 14.1. The molecule has 1 aromatic rings. The van der Waals surface area contributed by atoms with Crippen LogP contribution in [-0.2, 0) is 0 Å². The van der Waals surface area contributed by atoms with Gasteiger partial charge >= 0.3 is 0 Å². The maximum atomic E-state index is 4.58. The maximum Gasteiger partial charge on any atom is 0.147 e. The van der Waals surface area contributed by atoms with Crippen LogP contribution in [0.25, 0.3) is 0 Å². The van der Waals surface area contributed by atoms with Gasteiger partial charge < -0.3 is 15.1 Å². The quantitative estimate of drug-likeness (QED) is 0.898. The first-order chi connectivity index (χ1) is 9.97. The molecule has 0 amide bonds. The molecule has 0 aliphatic carbocycles. The topological polar surface area (TPSA) is 44.3 Å². The van der Waals surface area contributed by atoms with Gasteiger partial charge in [0.2, 0.25) is 0 Å². The van der Waals surface area contributed by atoms with Gasteiger partial charge in [-0.3, -0.25) is 4.98 Å². The standard InChI is InChI=1S/C16H29N5/c1-6-21-9-7-16(8-10-21,20(4)5)12-18-15-14(3)17-11-13(2)19-15/h11H,6-10,12H2,1-5H3,(H,18,19). The molecule has 0 bridgehead atoms. The molecule has 1 aliphatic heterocycles. The molecular weight excluding hydrogens is 262 g/mol. The van der Waals surface area contributed by atoms with Crippen molar-refractivity contribution >= 4 is 5.82 Å². The Labute approximate surface area is 128 Å². The Hall–Kier alpha value is -1.20. The third kappa shape index (κ3) is 3.71. The molecule has 21 heavy (non-hydrogen) atoms. The van der Waals surface area contributed by atoms with Gasteiger partial charge in [-0.15, -0.1) is 0 Å². The molecule has 0 unspecified atom stereocenters. The molecule has 1 fully saturated rings. The fraction of sp³-hybridized carbons (Fsp3) is 0.750. The Morgan fingerprint density at radius 2 is 1.95 bits per heavy atom. The van der Waals surface area contributed by atoms with Crippen molar-refractivity contribution in [3.05, 3.63) is 17.6 Å². The molecule has 118 valence electrons. The second-order valence-corrected chi connectivity index (χ2v) is 6.35. The highest BCUT2D eigenvalue weighted by molar-refractivity contribution is 5.40. The summed E-state index contributed by atoms with van der Waals surface area (Å²) < 4.78 is 0. The normalized spacial score (nSPS) is 19.0. The molecule has 1 aliphatic rings. The van der Waals surface area contributed by atoms with E-state index in [2.05, 4.69) is 46.1 Å². The van der Waals surface area contributed by atoms with E-state index in [0.29, 0.717) is 0 Å². The Morgan fingerprint density at radius 1 is 1.29 bits per heavy atom. The molecule has 2 heterocycles. The van der Waals surface area contributed by atoms with Crippen LogP contribution in [0.5, 0.6) is 0 Å². The number of hydrogen-bond acceptors (Lipinski definition) is 5. The number of aromatic nitrogens is 2. The number of piperidine rings is 1. The minimum Gasteiger partial charge on any atom is -0.367 e. The van der Waals surface area contributed by atoms with Crippen molar-refractivity contribution in [2.45, 2.75) is 39.2 Å². The first-order valence-corrected chi connectivity index (χ1v) is 7.91. The molecule has 5 nitrogen and oxygen atoms in total. The average molecular weight is 291 g/mol. The summed E-state index contributed by atoms with van der Waals surface area (Å²) in [7, 11) is 4.39. The van der Waals surface area contributed by atoms with Crippen molar-refractivity contribution in [2.24, 2.45) is 0 Å². The van der Waals surface area contributed by atoms with E-state index in [4.69, 9.17) is 0 Å². The van der Waals surface area contributed by atoms with Crippen LogP contribution in [0.4, 0.5) is 5.82 Å². The van der Waals surface area contributed by atoms with Crippen LogP contribution >= 0.6 is 0 Å². The first-order valence-electron chi connectivity index (χ1n) is 7.91. The van der Waals surface area contributed by atoms with Gasteiger partial charge in [0.1, 0.15) is 5.82 Å². The average Bonchev–Trinajstić information content (AvgIpc) is 2.48. The number of likely N-dealkylation sites (N-methyl/N-ethyl adjacent to an activating group) is 1. The molecule has 0 radical (unpaired) electrons. The van der Waals surface area contributed by atoms with Crippen LogP contribution in [-0.4, -0.2) is 65.6 Å². The summed E-state index contributed by atoms with van der Waals surface area (Å²) in [5.41, 5.74) is 2.15. The van der Waals surface area contributed by atoms with Crippen molar-refractivity contribution in [3.8, 4) is 0 Å². The summed E-state index contributed by atoms with van der Waals surface area (Å²) in [4.78, 5) is 13.9. The fourth-order valence-electron chi connectivity index (χ4n) is 3.02. The van der Waals surface area contributed by atoms with Gasteiger partial charge in [-0.2, -0.15) is 0 Å². The lowest BCUT2D eigenvalue weighted by Crippen LogP contribution is -2.56. The molecule has 0 aromatic carbocycles. The summed E-state index contributed by atoms with van der Waals surface area (Å²) in [6.07, 6.45) is 4.21. The van der Waals surface area contributed by atoms with Crippen molar-refractivity contribution in [2.75, 3.05) is 45.6 Å². The predicted molar refractivity (Wildman–Crippen MR) is 87.8 cm³/mol. The minimum atomic E-state index is 0.212. The van der Waals surface area contributed by atoms with Gasteiger partial charge in [-0.1, -0.05) is 6.92 Å². The molecule has 2 rings (SSSR count). The van der Waals surface area contributed by atoms with E-state index in [1.807, 2.05) is 20.0 Å². The second kappa shape index (κ2) is 6.71. The highest BCUT2D eigenvalue weighted by Gasteiger charge is 2.36. The van der Waals surface area contributed by atoms with Crippen molar-refractivity contribution in [1.82, 2.24) is 19.8 Å². The summed E-state index contributed by atoms with van der Waals surface area (Å²) in [6.45, 7) is 10.7. The maximum absolute atomic E-state index is 4.58. The van der Waals surface area contributed by atoms with Crippen LogP contribution in [0, 0.1) is 13.8 Å². The van der Waals surface area contributed by atoms with Crippen molar-refractivity contribution in [3.63, 3.8) is 0 Å². The van der Waals surface area contributed by atoms with E-state index in [1.165, 1.54) is 25.9 Å². The number of hydrogen-bond donors (Lipinski definition) is 1. The van der Waals surface area contributed by atoms with Crippen molar-refractivity contribution in [1.29, 1.82) is 0 Å². The Kier molecular flexibility index (Phi) is 5.17. The van der Waals surface area contributed by atoms with Gasteiger partial charge in [0.25, 0.3) is 0 Å². The Morgan fingerprint density at radius 3 is 2.52 bits per heavy atom. The molecular formula is C16H29N5. The lowest BCUT2D eigenvalue weighted by Gasteiger charge is -2.46. The molecule has 1 saturated heterocycles. The number of nitrogens with zero attached hydrogens (tertiary/aromatic N) is 4. The van der Waals surface area contributed by atoms with Crippen LogP contribution < -0.4 is 5.32 Å². The highest BCUT2D eigenvalue weighted by atomic mass is 15.2. The Bertz CT molecular complexity index is 464. The molecule has 5 heteroatoms. The lowest BCUT2D eigenvalue weighted by molar-refractivity contribution is 0.0686. The van der Waals surface area contributed by atoms with E-state index in [0.717, 1.165) is 30.3 Å². The third-order valence-electron chi connectivity index (χ3n) is 4.84. The number of likely N-dealkylation sites (tertiary alicyclic amines) is 1. The van der Waals surface area contributed by atoms with E-state index in [9.17, 15) is 0 Å². The predicted octanol–water partition coefficient (Wildman–Crippen LogP) is 1.92. The first kappa shape index (κ1) is 16.2. The monoisotopic (exact) mass is 291 g/mol. The number of rotatable bonds is 5. The van der Waals surface area contributed by atoms with Gasteiger partial charge in [-0.05, 0) is 60.4 Å². The molecule has 0 saturated carbocycles. The van der Waals surface area contributed by atoms with Crippen LogP contribution in [0.15, 0.2) is 6.20 Å². The number of nitrogens with one attached hydrogen (secondary N) is 1. The number of anilines is 1. The van der Waals surface area contributed by atoms with Crippen molar-refractivity contribution < 1.29 is 0 Å². The van der Waals surface area contributed by atoms with Gasteiger partial charge in [0, 0.05) is 18.3 Å². The summed E-state index contributed by atoms with van der Waals surface area (Å²) in [6, 6.07) is 0. The van der Waals surface area contributed by atoms with Gasteiger partial charge in [0.05, 0.1) is 11.4 Å². The molecule has 0 spiro atoms. The van der Waals surface area contributed by atoms with Crippen LogP contribution in [0.2, 0.25) is 0 Å². The summed E-state index contributed by atoms with van der Waals surface area (Å²) in [5, 5.41) is 3.54. The second-order valence-electron chi connectivity index (χ2n) is 6.35. The zero-order valence-corrected chi connectivity index (χ0v) is 14.1. The van der Waals surface area contributed by atoms with Crippen LogP contribution in [0.1, 0.15) is 31.2 Å². The number of aryl methyl sites for hydroxylation is 2. The lowest BCUT2D eigenvalue weighted by atomic mass is 9.86.